The molecule has 0 aromatic heterocycles. The summed E-state index contributed by atoms with van der Waals surface area (Å²) < 4.78 is 23.7. The molecule has 0 spiro atoms. The fourth-order valence-electron chi connectivity index (χ4n) is 6.10. The van der Waals surface area contributed by atoms with Crippen LogP contribution in [0.4, 0.5) is 0 Å². The summed E-state index contributed by atoms with van der Waals surface area (Å²) in [5, 5.41) is 20.7. The third-order valence-electron chi connectivity index (χ3n) is 9.83. The number of epoxide rings is 1. The van der Waals surface area contributed by atoms with Gasteiger partial charge in [0.25, 0.3) is 0 Å². The van der Waals surface area contributed by atoms with Gasteiger partial charge in [-0.05, 0) is 83.6 Å². The Bertz CT molecular complexity index is 1550. The van der Waals surface area contributed by atoms with Gasteiger partial charge in [0.1, 0.15) is 47.9 Å². The Morgan fingerprint density at radius 1 is 0.660 bits per heavy atom. The number of benzene rings is 4. The maximum absolute atomic E-state index is 11.1. The number of rotatable bonds is 16. The summed E-state index contributed by atoms with van der Waals surface area (Å²) in [6, 6.07) is 32.0. The molecule has 4 aromatic rings. The van der Waals surface area contributed by atoms with Crippen molar-refractivity contribution in [3.63, 3.8) is 0 Å². The van der Waals surface area contributed by atoms with Crippen LogP contribution in [0.5, 0.6) is 23.0 Å². The monoisotopic (exact) mass is 638 g/mol. The van der Waals surface area contributed by atoms with Crippen LogP contribution in [0, 0.1) is 0 Å². The Labute approximate surface area is 280 Å². The summed E-state index contributed by atoms with van der Waals surface area (Å²) in [6.45, 7) is 14.5. The van der Waals surface area contributed by atoms with Crippen molar-refractivity contribution in [2.45, 2.75) is 89.4 Å². The standard InChI is InChI=1S/C41H50O6/c1-7-41(8-2,25-34(43)26-44-35-19-11-30(12-20-35)39(3,4)29-9-17-33(42)18-10-29)47-37-23-15-32(16-24-37)40(5,6)31-13-21-36(22-14-31)45-27-38-28-46-38/h9-24,34,38,42-43H,7-8,25-28H2,1-6H3. The van der Waals surface area contributed by atoms with E-state index in [1.807, 2.05) is 48.5 Å². The van der Waals surface area contributed by atoms with E-state index in [9.17, 15) is 10.2 Å². The van der Waals surface area contributed by atoms with Crippen LogP contribution in [0.3, 0.4) is 0 Å². The van der Waals surface area contributed by atoms with Gasteiger partial charge in [0, 0.05) is 17.3 Å². The Hall–Kier alpha value is -4.00. The molecular weight excluding hydrogens is 588 g/mol. The normalized spacial score (nSPS) is 15.6. The molecule has 1 fully saturated rings. The van der Waals surface area contributed by atoms with Gasteiger partial charge in [-0.2, -0.15) is 0 Å². The maximum Gasteiger partial charge on any atom is 0.120 e. The van der Waals surface area contributed by atoms with E-state index in [-0.39, 0.29) is 29.3 Å². The second kappa shape index (κ2) is 14.4. The Balaban J connectivity index is 1.16. The fraction of sp³-hybridized carbons (Fsp3) is 0.415. The van der Waals surface area contributed by atoms with E-state index < -0.39 is 11.7 Å². The highest BCUT2D eigenvalue weighted by molar-refractivity contribution is 5.43. The van der Waals surface area contributed by atoms with Crippen molar-refractivity contribution < 1.29 is 29.2 Å². The third kappa shape index (κ3) is 8.48. The second-order valence-electron chi connectivity index (χ2n) is 13.8. The average Bonchev–Trinajstić information content (AvgIpc) is 3.92. The number of phenols is 1. The van der Waals surface area contributed by atoms with Crippen LogP contribution in [-0.4, -0.2) is 47.8 Å². The van der Waals surface area contributed by atoms with Crippen LogP contribution in [0.1, 0.15) is 83.1 Å². The first-order valence-electron chi connectivity index (χ1n) is 16.8. The highest BCUT2D eigenvalue weighted by Gasteiger charge is 2.32. The number of aliphatic hydroxyl groups is 1. The number of phenolic OH excluding ortho intramolecular Hbond substituents is 1. The molecule has 47 heavy (non-hydrogen) atoms. The second-order valence-corrected chi connectivity index (χ2v) is 13.8. The van der Waals surface area contributed by atoms with Gasteiger partial charge in [-0.1, -0.05) is 90.1 Å². The molecule has 2 atom stereocenters. The van der Waals surface area contributed by atoms with E-state index in [0.29, 0.717) is 18.8 Å². The van der Waals surface area contributed by atoms with Crippen molar-refractivity contribution in [1.82, 2.24) is 0 Å². The number of aliphatic hydroxyl groups excluding tert-OH is 1. The van der Waals surface area contributed by atoms with E-state index in [1.54, 1.807) is 12.1 Å². The molecule has 0 amide bonds. The summed E-state index contributed by atoms with van der Waals surface area (Å²) in [7, 11) is 0. The lowest BCUT2D eigenvalue weighted by atomic mass is 9.78. The first-order valence-corrected chi connectivity index (χ1v) is 16.8. The zero-order chi connectivity index (χ0) is 33.7. The van der Waals surface area contributed by atoms with Crippen LogP contribution >= 0.6 is 0 Å². The van der Waals surface area contributed by atoms with E-state index in [1.165, 1.54) is 11.1 Å². The van der Waals surface area contributed by atoms with Crippen molar-refractivity contribution in [3.05, 3.63) is 119 Å². The summed E-state index contributed by atoms with van der Waals surface area (Å²) >= 11 is 0. The predicted octanol–water partition coefficient (Wildman–Crippen LogP) is 8.59. The van der Waals surface area contributed by atoms with Crippen molar-refractivity contribution in [2.24, 2.45) is 0 Å². The maximum atomic E-state index is 11.1. The number of aromatic hydroxyl groups is 1. The van der Waals surface area contributed by atoms with Gasteiger partial charge in [0.2, 0.25) is 0 Å². The van der Waals surface area contributed by atoms with Crippen LogP contribution in [0.25, 0.3) is 0 Å². The molecule has 2 unspecified atom stereocenters. The zero-order valence-electron chi connectivity index (χ0n) is 28.7. The highest BCUT2D eigenvalue weighted by Crippen LogP contribution is 2.36. The van der Waals surface area contributed by atoms with Crippen LogP contribution in [0.15, 0.2) is 97.1 Å². The zero-order valence-corrected chi connectivity index (χ0v) is 28.7. The molecule has 4 aromatic carbocycles. The summed E-state index contributed by atoms with van der Waals surface area (Å²) in [6.07, 6.45) is 1.53. The lowest BCUT2D eigenvalue weighted by Crippen LogP contribution is -2.40. The average molecular weight is 639 g/mol. The molecule has 6 heteroatoms. The lowest BCUT2D eigenvalue weighted by molar-refractivity contribution is -0.00986. The summed E-state index contributed by atoms with van der Waals surface area (Å²) in [5.41, 5.74) is 3.70. The predicted molar refractivity (Wildman–Crippen MR) is 187 cm³/mol. The van der Waals surface area contributed by atoms with E-state index in [4.69, 9.17) is 18.9 Å². The molecule has 250 valence electrons. The van der Waals surface area contributed by atoms with E-state index in [2.05, 4.69) is 77.9 Å². The number of hydrogen-bond acceptors (Lipinski definition) is 6. The van der Waals surface area contributed by atoms with E-state index in [0.717, 1.165) is 42.1 Å². The largest absolute Gasteiger partial charge is 0.508 e. The topological polar surface area (TPSA) is 80.7 Å². The van der Waals surface area contributed by atoms with Crippen molar-refractivity contribution in [3.8, 4) is 23.0 Å². The van der Waals surface area contributed by atoms with Gasteiger partial charge in [-0.15, -0.1) is 0 Å². The highest BCUT2D eigenvalue weighted by atomic mass is 16.6. The third-order valence-corrected chi connectivity index (χ3v) is 9.83. The molecule has 2 N–H and O–H groups in total. The first kappa shape index (κ1) is 34.3. The van der Waals surface area contributed by atoms with Crippen molar-refractivity contribution >= 4 is 0 Å². The molecule has 5 rings (SSSR count). The lowest BCUT2D eigenvalue weighted by Gasteiger charge is -2.35. The number of ether oxygens (including phenoxy) is 4. The van der Waals surface area contributed by atoms with E-state index >= 15 is 0 Å². The van der Waals surface area contributed by atoms with Crippen LogP contribution in [-0.2, 0) is 15.6 Å². The van der Waals surface area contributed by atoms with Gasteiger partial charge in [0.15, 0.2) is 0 Å². The first-order chi connectivity index (χ1) is 22.4. The quantitative estimate of drug-likeness (QED) is 0.120. The van der Waals surface area contributed by atoms with Crippen LogP contribution in [0.2, 0.25) is 0 Å². The Morgan fingerprint density at radius 2 is 1.06 bits per heavy atom. The van der Waals surface area contributed by atoms with Gasteiger partial charge in [0.05, 0.1) is 12.7 Å². The minimum atomic E-state index is -0.690. The fourth-order valence-corrected chi connectivity index (χ4v) is 6.10. The van der Waals surface area contributed by atoms with Crippen molar-refractivity contribution in [2.75, 3.05) is 19.8 Å². The van der Waals surface area contributed by atoms with Gasteiger partial charge in [-0.25, -0.2) is 0 Å². The molecule has 0 aliphatic carbocycles. The molecule has 1 aliphatic rings. The summed E-state index contributed by atoms with van der Waals surface area (Å²) in [4.78, 5) is 0. The minimum Gasteiger partial charge on any atom is -0.508 e. The number of hydrogen-bond donors (Lipinski definition) is 2. The smallest absolute Gasteiger partial charge is 0.120 e. The molecule has 6 nitrogen and oxygen atoms in total. The van der Waals surface area contributed by atoms with Gasteiger partial charge >= 0.3 is 0 Å². The Morgan fingerprint density at radius 3 is 1.49 bits per heavy atom. The molecule has 1 aliphatic heterocycles. The molecule has 0 saturated carbocycles. The summed E-state index contributed by atoms with van der Waals surface area (Å²) in [5.74, 6) is 2.62. The van der Waals surface area contributed by atoms with Gasteiger partial charge in [-0.3, -0.25) is 0 Å². The van der Waals surface area contributed by atoms with Gasteiger partial charge < -0.3 is 29.2 Å². The Kier molecular flexibility index (Phi) is 10.5. The molecule has 0 radical (unpaired) electrons. The molecule has 1 saturated heterocycles. The SMILES string of the molecule is CCC(CC)(CC(O)COc1ccc(C(C)(C)c2ccc(O)cc2)cc1)Oc1ccc(C(C)(C)c2ccc(OCC3CO3)cc2)cc1. The molecular formula is C41H50O6. The van der Waals surface area contributed by atoms with Crippen LogP contribution < -0.4 is 14.2 Å². The minimum absolute atomic E-state index is 0.178. The molecule has 0 bridgehead atoms. The molecule has 1 heterocycles. The van der Waals surface area contributed by atoms with Crippen molar-refractivity contribution in [1.29, 1.82) is 0 Å².